The number of aromatic nitrogens is 2. The maximum Gasteiger partial charge on any atom is 0.326 e. The quantitative estimate of drug-likeness (QED) is 0.402. The minimum absolute atomic E-state index is 0.362. The molecule has 1 N–H and O–H groups in total. The number of hydrogen-bond acceptors (Lipinski definition) is 7. The topological polar surface area (TPSA) is 99.5 Å². The summed E-state index contributed by atoms with van der Waals surface area (Å²) in [5.41, 5.74) is 0.562. The van der Waals surface area contributed by atoms with E-state index < -0.39 is 42.2 Å². The van der Waals surface area contributed by atoms with Gasteiger partial charge in [0.15, 0.2) is 6.61 Å². The molecule has 0 aliphatic heterocycles. The SMILES string of the molecule is COc1ccc(-c2cc3ncn(CC(=O)OCC(=O)Nc4cc(F)ccc4F)c(=O)c3s2)cc1. The third-order valence-corrected chi connectivity index (χ3v) is 5.91. The van der Waals surface area contributed by atoms with Crippen LogP contribution in [0, 0.1) is 11.6 Å². The highest BCUT2D eigenvalue weighted by atomic mass is 32.1. The number of halogens is 2. The Kier molecular flexibility index (Phi) is 6.64. The van der Waals surface area contributed by atoms with Crippen molar-refractivity contribution in [2.24, 2.45) is 0 Å². The van der Waals surface area contributed by atoms with E-state index in [4.69, 9.17) is 9.47 Å². The van der Waals surface area contributed by atoms with Crippen molar-refractivity contribution in [1.29, 1.82) is 0 Å². The highest BCUT2D eigenvalue weighted by molar-refractivity contribution is 7.22. The van der Waals surface area contributed by atoms with Gasteiger partial charge in [0.1, 0.15) is 28.6 Å². The Labute approximate surface area is 195 Å². The molecule has 8 nitrogen and oxygen atoms in total. The zero-order valence-electron chi connectivity index (χ0n) is 17.7. The summed E-state index contributed by atoms with van der Waals surface area (Å²) < 4.78 is 38.2. The highest BCUT2D eigenvalue weighted by Crippen LogP contribution is 2.31. The van der Waals surface area contributed by atoms with Gasteiger partial charge in [0.25, 0.3) is 11.5 Å². The van der Waals surface area contributed by atoms with Gasteiger partial charge in [-0.1, -0.05) is 0 Å². The molecule has 1 amide bonds. The average molecular weight is 485 g/mol. The molecule has 0 saturated carbocycles. The summed E-state index contributed by atoms with van der Waals surface area (Å²) in [7, 11) is 1.57. The van der Waals surface area contributed by atoms with E-state index in [0.717, 1.165) is 33.2 Å². The van der Waals surface area contributed by atoms with Crippen molar-refractivity contribution in [2.45, 2.75) is 6.54 Å². The Balaban J connectivity index is 1.41. The first-order valence-corrected chi connectivity index (χ1v) is 10.7. The Morgan fingerprint density at radius 3 is 2.62 bits per heavy atom. The minimum Gasteiger partial charge on any atom is -0.497 e. The van der Waals surface area contributed by atoms with Crippen molar-refractivity contribution in [3.05, 3.63) is 76.8 Å². The Morgan fingerprint density at radius 2 is 1.88 bits per heavy atom. The van der Waals surface area contributed by atoms with E-state index in [1.165, 1.54) is 17.7 Å². The third-order valence-electron chi connectivity index (χ3n) is 4.74. The van der Waals surface area contributed by atoms with Crippen LogP contribution < -0.4 is 15.6 Å². The van der Waals surface area contributed by atoms with Gasteiger partial charge in [-0.05, 0) is 48.0 Å². The molecule has 11 heteroatoms. The van der Waals surface area contributed by atoms with Crippen LogP contribution in [0.3, 0.4) is 0 Å². The third kappa shape index (κ3) is 5.09. The van der Waals surface area contributed by atoms with E-state index in [0.29, 0.717) is 16.0 Å². The van der Waals surface area contributed by atoms with E-state index in [9.17, 15) is 23.2 Å². The first-order valence-electron chi connectivity index (χ1n) is 9.88. The molecule has 0 radical (unpaired) electrons. The molecule has 0 saturated heterocycles. The van der Waals surface area contributed by atoms with Gasteiger partial charge in [0, 0.05) is 10.9 Å². The van der Waals surface area contributed by atoms with Gasteiger partial charge in [0.05, 0.1) is 24.6 Å². The van der Waals surface area contributed by atoms with Gasteiger partial charge in [-0.3, -0.25) is 19.0 Å². The second kappa shape index (κ2) is 9.79. The van der Waals surface area contributed by atoms with Crippen molar-refractivity contribution in [3.63, 3.8) is 0 Å². The molecule has 0 atom stereocenters. The molecule has 2 aromatic heterocycles. The minimum atomic E-state index is -0.870. The van der Waals surface area contributed by atoms with E-state index in [2.05, 4.69) is 10.3 Å². The summed E-state index contributed by atoms with van der Waals surface area (Å²) in [4.78, 5) is 41.9. The standard InChI is InChI=1S/C23H17F2N3O5S/c1-32-15-5-2-13(3-6-15)19-9-18-22(34-19)23(31)28(12-26-18)10-21(30)33-11-20(29)27-17-8-14(24)4-7-16(17)25/h2-9,12H,10-11H2,1H3,(H,27,29). The molecular formula is C23H17F2N3O5S. The number of rotatable bonds is 7. The number of methoxy groups -OCH3 is 1. The molecule has 174 valence electrons. The molecule has 2 aromatic carbocycles. The number of benzene rings is 2. The fourth-order valence-electron chi connectivity index (χ4n) is 3.07. The molecule has 0 unspecified atom stereocenters. The lowest BCUT2D eigenvalue weighted by Crippen LogP contribution is -2.27. The monoisotopic (exact) mass is 485 g/mol. The van der Waals surface area contributed by atoms with E-state index in [1.54, 1.807) is 25.3 Å². The molecule has 0 bridgehead atoms. The molecular weight excluding hydrogens is 468 g/mol. The molecule has 0 aliphatic rings. The summed E-state index contributed by atoms with van der Waals surface area (Å²) in [5.74, 6) is -2.60. The lowest BCUT2D eigenvalue weighted by molar-refractivity contribution is -0.147. The predicted octanol–water partition coefficient (Wildman–Crippen LogP) is 3.59. The van der Waals surface area contributed by atoms with E-state index in [1.807, 2.05) is 12.1 Å². The number of nitrogens with one attached hydrogen (secondary N) is 1. The summed E-state index contributed by atoms with van der Waals surface area (Å²) in [5, 5.41) is 2.11. The Hall–Kier alpha value is -4.12. The maximum absolute atomic E-state index is 13.6. The second-order valence-electron chi connectivity index (χ2n) is 7.06. The van der Waals surface area contributed by atoms with E-state index in [-0.39, 0.29) is 5.69 Å². The number of amides is 1. The van der Waals surface area contributed by atoms with Crippen LogP contribution in [-0.2, 0) is 20.9 Å². The van der Waals surface area contributed by atoms with Gasteiger partial charge in [-0.2, -0.15) is 0 Å². The molecule has 0 spiro atoms. The number of nitrogens with zero attached hydrogens (tertiary/aromatic N) is 2. The number of carbonyl (C=O) groups is 2. The van der Waals surface area contributed by atoms with Crippen molar-refractivity contribution >= 4 is 39.1 Å². The first kappa shape index (κ1) is 23.1. The number of thiophene rings is 1. The highest BCUT2D eigenvalue weighted by Gasteiger charge is 2.15. The smallest absolute Gasteiger partial charge is 0.326 e. The Bertz CT molecular complexity index is 1430. The van der Waals surface area contributed by atoms with Crippen LogP contribution >= 0.6 is 11.3 Å². The predicted molar refractivity (Wildman–Crippen MR) is 122 cm³/mol. The largest absolute Gasteiger partial charge is 0.497 e. The van der Waals surface area contributed by atoms with Crippen LogP contribution in [0.1, 0.15) is 0 Å². The second-order valence-corrected chi connectivity index (χ2v) is 8.12. The fourth-order valence-corrected chi connectivity index (χ4v) is 4.13. The van der Waals surface area contributed by atoms with Crippen LogP contribution in [0.25, 0.3) is 20.7 Å². The van der Waals surface area contributed by atoms with Crippen LogP contribution in [-0.4, -0.2) is 35.1 Å². The summed E-state index contributed by atoms with van der Waals surface area (Å²) in [6, 6.07) is 11.7. The van der Waals surface area contributed by atoms with Crippen LogP contribution in [0.5, 0.6) is 5.75 Å². The molecule has 34 heavy (non-hydrogen) atoms. The lowest BCUT2D eigenvalue weighted by Gasteiger charge is -2.08. The molecule has 4 aromatic rings. The molecule has 2 heterocycles. The maximum atomic E-state index is 13.6. The van der Waals surface area contributed by atoms with Crippen molar-refractivity contribution in [3.8, 4) is 16.2 Å². The molecule has 0 fully saturated rings. The lowest BCUT2D eigenvalue weighted by atomic mass is 10.2. The molecule has 4 rings (SSSR count). The number of anilines is 1. The average Bonchev–Trinajstić information content (AvgIpc) is 3.27. The van der Waals surface area contributed by atoms with Crippen molar-refractivity contribution in [2.75, 3.05) is 19.0 Å². The van der Waals surface area contributed by atoms with Gasteiger partial charge in [-0.25, -0.2) is 13.8 Å². The van der Waals surface area contributed by atoms with Crippen LogP contribution in [0.2, 0.25) is 0 Å². The first-order chi connectivity index (χ1) is 16.3. The van der Waals surface area contributed by atoms with E-state index >= 15 is 0 Å². The number of hydrogen-bond donors (Lipinski definition) is 1. The summed E-state index contributed by atoms with van der Waals surface area (Å²) >= 11 is 1.23. The number of carbonyl (C=O) groups excluding carboxylic acids is 2. The number of esters is 1. The van der Waals surface area contributed by atoms with Gasteiger partial charge < -0.3 is 14.8 Å². The van der Waals surface area contributed by atoms with Crippen molar-refractivity contribution < 1.29 is 27.8 Å². The van der Waals surface area contributed by atoms with Crippen LogP contribution in [0.15, 0.2) is 59.7 Å². The normalized spacial score (nSPS) is 10.8. The van der Waals surface area contributed by atoms with Crippen LogP contribution in [0.4, 0.5) is 14.5 Å². The van der Waals surface area contributed by atoms with Gasteiger partial charge in [-0.15, -0.1) is 11.3 Å². The zero-order valence-corrected chi connectivity index (χ0v) is 18.5. The Morgan fingerprint density at radius 1 is 1.12 bits per heavy atom. The summed E-state index contributed by atoms with van der Waals surface area (Å²) in [6.45, 7) is -1.21. The molecule has 0 aliphatic carbocycles. The summed E-state index contributed by atoms with van der Waals surface area (Å²) in [6.07, 6.45) is 1.22. The number of ether oxygens (including phenoxy) is 2. The number of fused-ring (bicyclic) bond motifs is 1. The zero-order chi connectivity index (χ0) is 24.2. The fraction of sp³-hybridized carbons (Fsp3) is 0.130. The van der Waals surface area contributed by atoms with Crippen molar-refractivity contribution in [1.82, 2.24) is 9.55 Å². The van der Waals surface area contributed by atoms with Gasteiger partial charge in [0.2, 0.25) is 0 Å². The van der Waals surface area contributed by atoms with Gasteiger partial charge >= 0.3 is 5.97 Å².